The van der Waals surface area contributed by atoms with Gasteiger partial charge >= 0.3 is 11.9 Å². The van der Waals surface area contributed by atoms with E-state index in [-0.39, 0.29) is 30.4 Å². The maximum atomic E-state index is 13.0. The Morgan fingerprint density at radius 2 is 0.750 bits per heavy atom. The summed E-state index contributed by atoms with van der Waals surface area (Å²) in [7, 11) is 0. The van der Waals surface area contributed by atoms with Crippen LogP contribution in [0.15, 0.2) is 0 Å². The van der Waals surface area contributed by atoms with Gasteiger partial charge in [-0.25, -0.2) is 0 Å². The SMILES string of the molecule is CCCCCCCCC(CCCCCC)C(=O)OCCCC[C@@H](O)CN(CCCCO)C[C@H](O)CCCCOC(=O)C(CCCCCC)CCCCCCCC. The lowest BCUT2D eigenvalue weighted by atomic mass is 9.94. The summed E-state index contributed by atoms with van der Waals surface area (Å²) >= 11 is 0. The molecule has 8 nitrogen and oxygen atoms in total. The fourth-order valence-corrected chi connectivity index (χ4v) is 7.77. The van der Waals surface area contributed by atoms with E-state index in [0.717, 1.165) is 83.5 Å². The van der Waals surface area contributed by atoms with E-state index >= 15 is 0 Å². The molecule has 4 atom stereocenters. The molecule has 0 aromatic carbocycles. The number of esters is 2. The number of ether oxygens (including phenoxy) is 2. The van der Waals surface area contributed by atoms with Crippen LogP contribution >= 0.6 is 0 Å². The average molecular weight is 798 g/mol. The first-order chi connectivity index (χ1) is 27.3. The van der Waals surface area contributed by atoms with Crippen molar-refractivity contribution >= 4 is 11.9 Å². The molecule has 0 amide bonds. The molecule has 0 fully saturated rings. The van der Waals surface area contributed by atoms with Gasteiger partial charge in [-0.2, -0.15) is 0 Å². The van der Waals surface area contributed by atoms with Crippen LogP contribution in [0.4, 0.5) is 0 Å². The normalized spacial score (nSPS) is 13.9. The Morgan fingerprint density at radius 3 is 1.11 bits per heavy atom. The van der Waals surface area contributed by atoms with Crippen molar-refractivity contribution in [1.29, 1.82) is 0 Å². The van der Waals surface area contributed by atoms with E-state index in [1.165, 1.54) is 103 Å². The Balaban J connectivity index is 4.61. The second-order valence-electron chi connectivity index (χ2n) is 17.0. The largest absolute Gasteiger partial charge is 0.465 e. The van der Waals surface area contributed by atoms with Crippen LogP contribution in [0.1, 0.15) is 233 Å². The van der Waals surface area contributed by atoms with E-state index in [1.807, 2.05) is 0 Å². The molecule has 0 aromatic heterocycles. The smallest absolute Gasteiger partial charge is 0.308 e. The number of carbonyl (C=O) groups excluding carboxylic acids is 2. The number of aliphatic hydroxyl groups is 3. The standard InChI is InChI=1S/C48H95NO7/c1-5-9-13-17-19-23-33-43(31-21-15-11-7-3)47(53)55-39-29-25-35-45(51)41-49(37-27-28-38-50)42-46(52)36-26-30-40-56-48(54)44(32-22-16-12-8-4)34-24-20-18-14-10-6-2/h43-46,50-52H,5-42H2,1-4H3/t43?,44?,45-,46-/m1/s1. The van der Waals surface area contributed by atoms with E-state index in [9.17, 15) is 24.9 Å². The van der Waals surface area contributed by atoms with Gasteiger partial charge in [-0.05, 0) is 83.6 Å². The van der Waals surface area contributed by atoms with Crippen LogP contribution in [0.2, 0.25) is 0 Å². The summed E-state index contributed by atoms with van der Waals surface area (Å²) in [5.41, 5.74) is 0. The second-order valence-corrected chi connectivity index (χ2v) is 17.0. The van der Waals surface area contributed by atoms with Crippen molar-refractivity contribution in [2.75, 3.05) is 39.5 Å². The highest BCUT2D eigenvalue weighted by molar-refractivity contribution is 5.72. The molecule has 0 spiro atoms. The molecule has 56 heavy (non-hydrogen) atoms. The van der Waals surface area contributed by atoms with Crippen LogP contribution in [0.3, 0.4) is 0 Å². The summed E-state index contributed by atoms with van der Waals surface area (Å²) in [6, 6.07) is 0. The molecule has 0 heterocycles. The molecule has 0 radical (unpaired) electrons. The minimum atomic E-state index is -0.531. The predicted octanol–water partition coefficient (Wildman–Crippen LogP) is 11.9. The second kappa shape index (κ2) is 41.9. The number of carbonyl (C=O) groups is 2. The Hall–Kier alpha value is -1.22. The highest BCUT2D eigenvalue weighted by Crippen LogP contribution is 2.22. The summed E-state index contributed by atoms with van der Waals surface area (Å²) in [6.07, 6.45) is 32.5. The van der Waals surface area contributed by atoms with E-state index in [1.54, 1.807) is 0 Å². The van der Waals surface area contributed by atoms with Gasteiger partial charge in [-0.15, -0.1) is 0 Å². The number of hydrogen-bond donors (Lipinski definition) is 3. The number of nitrogens with zero attached hydrogens (tertiary/aromatic N) is 1. The van der Waals surface area contributed by atoms with Gasteiger partial charge in [0.05, 0.1) is 37.3 Å². The first-order valence-corrected chi connectivity index (χ1v) is 24.3. The molecular weight excluding hydrogens is 703 g/mol. The number of rotatable bonds is 44. The molecule has 334 valence electrons. The van der Waals surface area contributed by atoms with Gasteiger partial charge in [-0.1, -0.05) is 156 Å². The maximum absolute atomic E-state index is 13.0. The third-order valence-corrected chi connectivity index (χ3v) is 11.5. The van der Waals surface area contributed by atoms with E-state index in [2.05, 4.69) is 32.6 Å². The lowest BCUT2D eigenvalue weighted by molar-refractivity contribution is -0.150. The van der Waals surface area contributed by atoms with Crippen molar-refractivity contribution in [3.63, 3.8) is 0 Å². The lowest BCUT2D eigenvalue weighted by Gasteiger charge is -2.27. The minimum absolute atomic E-state index is 0.00900. The summed E-state index contributed by atoms with van der Waals surface area (Å²) in [5, 5.41) is 31.1. The summed E-state index contributed by atoms with van der Waals surface area (Å²) in [6.45, 7) is 11.5. The summed E-state index contributed by atoms with van der Waals surface area (Å²) in [5.74, 6) is -0.0592. The van der Waals surface area contributed by atoms with Gasteiger partial charge in [0, 0.05) is 19.7 Å². The van der Waals surface area contributed by atoms with Crippen molar-refractivity contribution in [1.82, 2.24) is 4.90 Å². The van der Waals surface area contributed by atoms with Crippen molar-refractivity contribution in [2.45, 2.75) is 245 Å². The molecule has 2 unspecified atom stereocenters. The zero-order chi connectivity index (χ0) is 41.3. The Kier molecular flexibility index (Phi) is 41.0. The molecule has 0 bridgehead atoms. The fourth-order valence-electron chi connectivity index (χ4n) is 7.77. The molecule has 0 rings (SSSR count). The van der Waals surface area contributed by atoms with Crippen LogP contribution in [0.5, 0.6) is 0 Å². The molecule has 0 aliphatic rings. The summed E-state index contributed by atoms with van der Waals surface area (Å²) in [4.78, 5) is 28.1. The number of unbranched alkanes of at least 4 members (excludes halogenated alkanes) is 19. The fraction of sp³-hybridized carbons (Fsp3) is 0.958. The third kappa shape index (κ3) is 34.8. The minimum Gasteiger partial charge on any atom is -0.465 e. The van der Waals surface area contributed by atoms with Crippen molar-refractivity contribution in [3.8, 4) is 0 Å². The van der Waals surface area contributed by atoms with Crippen LogP contribution < -0.4 is 0 Å². The Morgan fingerprint density at radius 1 is 0.429 bits per heavy atom. The van der Waals surface area contributed by atoms with Gasteiger partial charge in [0.2, 0.25) is 0 Å². The lowest BCUT2D eigenvalue weighted by Crippen LogP contribution is -2.38. The number of hydrogen-bond acceptors (Lipinski definition) is 8. The van der Waals surface area contributed by atoms with Crippen LogP contribution in [0, 0.1) is 11.8 Å². The van der Waals surface area contributed by atoms with Crippen LogP contribution in [-0.4, -0.2) is 83.8 Å². The summed E-state index contributed by atoms with van der Waals surface area (Å²) < 4.78 is 11.5. The van der Waals surface area contributed by atoms with Crippen molar-refractivity contribution in [3.05, 3.63) is 0 Å². The average Bonchev–Trinajstić information content (AvgIpc) is 3.18. The Bertz CT molecular complexity index is 780. The highest BCUT2D eigenvalue weighted by Gasteiger charge is 2.21. The van der Waals surface area contributed by atoms with Crippen molar-refractivity contribution in [2.24, 2.45) is 11.8 Å². The zero-order valence-electron chi connectivity index (χ0n) is 37.6. The molecule has 0 saturated carbocycles. The topological polar surface area (TPSA) is 117 Å². The molecule has 0 aliphatic carbocycles. The first kappa shape index (κ1) is 54.8. The molecule has 8 heteroatoms. The molecule has 3 N–H and O–H groups in total. The molecule has 0 aromatic rings. The molecular formula is C48H95NO7. The van der Waals surface area contributed by atoms with Gasteiger partial charge in [0.15, 0.2) is 0 Å². The highest BCUT2D eigenvalue weighted by atomic mass is 16.5. The van der Waals surface area contributed by atoms with Gasteiger partial charge in [0.25, 0.3) is 0 Å². The zero-order valence-corrected chi connectivity index (χ0v) is 37.6. The van der Waals surface area contributed by atoms with Crippen molar-refractivity contribution < 1.29 is 34.4 Å². The molecule has 0 aliphatic heterocycles. The molecule has 0 saturated heterocycles. The van der Waals surface area contributed by atoms with E-state index in [4.69, 9.17) is 9.47 Å². The third-order valence-electron chi connectivity index (χ3n) is 11.5. The quantitative estimate of drug-likeness (QED) is 0.0412. The van der Waals surface area contributed by atoms with Gasteiger partial charge < -0.3 is 24.8 Å². The van der Waals surface area contributed by atoms with Gasteiger partial charge in [-0.3, -0.25) is 14.5 Å². The van der Waals surface area contributed by atoms with E-state index < -0.39 is 12.2 Å². The van der Waals surface area contributed by atoms with Crippen LogP contribution in [-0.2, 0) is 19.1 Å². The number of aliphatic hydroxyl groups excluding tert-OH is 3. The maximum Gasteiger partial charge on any atom is 0.308 e. The van der Waals surface area contributed by atoms with Crippen LogP contribution in [0.25, 0.3) is 0 Å². The first-order valence-electron chi connectivity index (χ1n) is 24.3. The monoisotopic (exact) mass is 798 g/mol. The van der Waals surface area contributed by atoms with E-state index in [0.29, 0.717) is 52.1 Å². The van der Waals surface area contributed by atoms with Gasteiger partial charge in [0.1, 0.15) is 0 Å². The predicted molar refractivity (Wildman–Crippen MR) is 235 cm³/mol. The Labute approximate surface area is 347 Å².